The maximum Gasteiger partial charge on any atom is 0.287 e. The van der Waals surface area contributed by atoms with Gasteiger partial charge in [-0.1, -0.05) is 18.5 Å². The lowest BCUT2D eigenvalue weighted by Gasteiger charge is -2.15. The van der Waals surface area contributed by atoms with Crippen LogP contribution in [0.2, 0.25) is 5.02 Å². The van der Waals surface area contributed by atoms with Crippen LogP contribution in [0.5, 0.6) is 5.88 Å². The lowest BCUT2D eigenvalue weighted by Crippen LogP contribution is -2.23. The Bertz CT molecular complexity index is 681. The summed E-state index contributed by atoms with van der Waals surface area (Å²) in [6, 6.07) is 2.80. The number of nitrogens with one attached hydrogen (secondary N) is 1. The lowest BCUT2D eigenvalue weighted by atomic mass is 10.3. The summed E-state index contributed by atoms with van der Waals surface area (Å²) < 4.78 is 5.58. The molecule has 0 aliphatic heterocycles. The van der Waals surface area contributed by atoms with Gasteiger partial charge in [0.2, 0.25) is 5.88 Å². The molecule has 0 aliphatic carbocycles. The number of aryl methyl sites for hydroxylation is 1. The van der Waals surface area contributed by atoms with Gasteiger partial charge >= 0.3 is 0 Å². The molecular weight excluding hydrogens is 322 g/mol. The van der Waals surface area contributed by atoms with Crippen LogP contribution in [0.1, 0.15) is 19.5 Å². The summed E-state index contributed by atoms with van der Waals surface area (Å²) in [7, 11) is 0. The Kier molecular flexibility index (Phi) is 5.64. The van der Waals surface area contributed by atoms with Gasteiger partial charge in [-0.25, -0.2) is 15.0 Å². The molecule has 2 aromatic heterocycles. The van der Waals surface area contributed by atoms with Crippen LogP contribution in [0, 0.1) is 10.1 Å². The number of rotatable bonds is 7. The van der Waals surface area contributed by atoms with E-state index >= 15 is 0 Å². The summed E-state index contributed by atoms with van der Waals surface area (Å²) in [6.07, 6.45) is 3.09. The zero-order chi connectivity index (χ0) is 16.8. The van der Waals surface area contributed by atoms with E-state index in [-0.39, 0.29) is 11.8 Å². The molecule has 0 aromatic carbocycles. The van der Waals surface area contributed by atoms with Crippen molar-refractivity contribution in [3.05, 3.63) is 45.5 Å². The number of aromatic nitrogens is 3. The lowest BCUT2D eigenvalue weighted by molar-refractivity contribution is -0.385. The summed E-state index contributed by atoms with van der Waals surface area (Å²) in [5.41, 5.74) is 0.692. The molecule has 0 spiro atoms. The van der Waals surface area contributed by atoms with Gasteiger partial charge in [0.1, 0.15) is 29.5 Å². The Morgan fingerprint density at radius 2 is 2.17 bits per heavy atom. The normalized spacial score (nSPS) is 11.8. The predicted octanol–water partition coefficient (Wildman–Crippen LogP) is 2.88. The molecule has 0 aliphatic rings. The van der Waals surface area contributed by atoms with Crippen molar-refractivity contribution in [1.29, 1.82) is 0 Å². The van der Waals surface area contributed by atoms with Gasteiger partial charge in [0.25, 0.3) is 5.69 Å². The van der Waals surface area contributed by atoms with Crippen molar-refractivity contribution in [3.8, 4) is 5.88 Å². The van der Waals surface area contributed by atoms with Crippen LogP contribution < -0.4 is 10.1 Å². The van der Waals surface area contributed by atoms with Crippen molar-refractivity contribution in [2.45, 2.75) is 26.4 Å². The van der Waals surface area contributed by atoms with Crippen molar-refractivity contribution >= 4 is 23.1 Å². The Morgan fingerprint density at radius 3 is 2.78 bits per heavy atom. The largest absolute Gasteiger partial charge is 0.473 e. The van der Waals surface area contributed by atoms with Crippen molar-refractivity contribution in [2.24, 2.45) is 0 Å². The molecule has 0 saturated heterocycles. The average molecular weight is 338 g/mol. The number of ether oxygens (including phenoxy) is 1. The fourth-order valence-electron chi connectivity index (χ4n) is 1.81. The Morgan fingerprint density at radius 1 is 1.39 bits per heavy atom. The maximum atomic E-state index is 10.6. The highest BCUT2D eigenvalue weighted by Crippen LogP contribution is 2.22. The Balaban J connectivity index is 1.92. The highest BCUT2D eigenvalue weighted by atomic mass is 35.5. The molecule has 122 valence electrons. The van der Waals surface area contributed by atoms with E-state index in [9.17, 15) is 10.1 Å². The first kappa shape index (κ1) is 16.9. The summed E-state index contributed by atoms with van der Waals surface area (Å²) in [6.45, 7) is 4.24. The first-order chi connectivity index (χ1) is 11.0. The Labute approximate surface area is 138 Å². The number of nitro groups is 1. The van der Waals surface area contributed by atoms with Crippen LogP contribution in [0.3, 0.4) is 0 Å². The molecule has 0 amide bonds. The second-order valence-electron chi connectivity index (χ2n) is 4.76. The monoisotopic (exact) mass is 337 g/mol. The standard InChI is InChI=1S/C14H16ClN5O3/c1-3-11-13(15)14(19-8-18-11)17-6-9(2)23-12-5-4-10(7-16-12)20(21)22/h4-5,7-9H,3,6H2,1-2H3,(H,17,18,19). The third-order valence-electron chi connectivity index (χ3n) is 3.01. The minimum atomic E-state index is -0.510. The molecular formula is C14H16ClN5O3. The second-order valence-corrected chi connectivity index (χ2v) is 5.14. The fourth-order valence-corrected chi connectivity index (χ4v) is 2.11. The number of hydrogen-bond donors (Lipinski definition) is 1. The first-order valence-electron chi connectivity index (χ1n) is 7.01. The molecule has 2 aromatic rings. The van der Waals surface area contributed by atoms with E-state index in [0.717, 1.165) is 18.3 Å². The fraction of sp³-hybridized carbons (Fsp3) is 0.357. The highest BCUT2D eigenvalue weighted by molar-refractivity contribution is 6.33. The molecule has 0 radical (unpaired) electrons. The molecule has 0 bridgehead atoms. The van der Waals surface area contributed by atoms with Crippen molar-refractivity contribution in [1.82, 2.24) is 15.0 Å². The van der Waals surface area contributed by atoms with Crippen LogP contribution in [-0.4, -0.2) is 32.5 Å². The number of halogens is 1. The number of pyridine rings is 1. The highest BCUT2D eigenvalue weighted by Gasteiger charge is 2.11. The van der Waals surface area contributed by atoms with E-state index in [1.807, 2.05) is 13.8 Å². The van der Waals surface area contributed by atoms with Crippen molar-refractivity contribution in [2.75, 3.05) is 11.9 Å². The maximum absolute atomic E-state index is 10.6. The van der Waals surface area contributed by atoms with Crippen LogP contribution in [0.25, 0.3) is 0 Å². The van der Waals surface area contributed by atoms with Gasteiger partial charge in [-0.2, -0.15) is 0 Å². The van der Waals surface area contributed by atoms with Gasteiger partial charge in [-0.05, 0) is 13.3 Å². The number of anilines is 1. The van der Waals surface area contributed by atoms with Crippen LogP contribution >= 0.6 is 11.6 Å². The minimum Gasteiger partial charge on any atom is -0.473 e. The molecule has 2 heterocycles. The molecule has 0 saturated carbocycles. The van der Waals surface area contributed by atoms with Gasteiger partial charge in [-0.3, -0.25) is 10.1 Å². The molecule has 1 unspecified atom stereocenters. The molecule has 2 rings (SSSR count). The summed E-state index contributed by atoms with van der Waals surface area (Å²) in [4.78, 5) is 22.1. The van der Waals surface area contributed by atoms with E-state index < -0.39 is 4.92 Å². The van der Waals surface area contributed by atoms with Crippen LogP contribution in [-0.2, 0) is 6.42 Å². The van der Waals surface area contributed by atoms with E-state index in [0.29, 0.717) is 23.3 Å². The zero-order valence-electron chi connectivity index (χ0n) is 12.7. The topological polar surface area (TPSA) is 103 Å². The summed E-state index contributed by atoms with van der Waals surface area (Å²) in [5.74, 6) is 0.860. The molecule has 1 atom stereocenters. The average Bonchev–Trinajstić information content (AvgIpc) is 2.54. The van der Waals surface area contributed by atoms with Gasteiger partial charge in [-0.15, -0.1) is 0 Å². The molecule has 8 nitrogen and oxygen atoms in total. The summed E-state index contributed by atoms with van der Waals surface area (Å²) >= 11 is 6.20. The first-order valence-corrected chi connectivity index (χ1v) is 7.39. The molecule has 0 fully saturated rings. The second kappa shape index (κ2) is 7.68. The van der Waals surface area contributed by atoms with Gasteiger partial charge in [0.15, 0.2) is 0 Å². The summed E-state index contributed by atoms with van der Waals surface area (Å²) in [5, 5.41) is 14.2. The predicted molar refractivity (Wildman–Crippen MR) is 85.9 cm³/mol. The third-order valence-corrected chi connectivity index (χ3v) is 3.40. The zero-order valence-corrected chi connectivity index (χ0v) is 13.4. The molecule has 23 heavy (non-hydrogen) atoms. The molecule has 1 N–H and O–H groups in total. The number of hydrogen-bond acceptors (Lipinski definition) is 7. The van der Waals surface area contributed by atoms with Gasteiger partial charge in [0, 0.05) is 12.1 Å². The van der Waals surface area contributed by atoms with E-state index in [1.165, 1.54) is 18.5 Å². The molecule has 9 heteroatoms. The van der Waals surface area contributed by atoms with Crippen LogP contribution in [0.15, 0.2) is 24.7 Å². The SMILES string of the molecule is CCc1ncnc(NCC(C)Oc2ccc([N+](=O)[O-])cn2)c1Cl. The van der Waals surface area contributed by atoms with Gasteiger partial charge < -0.3 is 10.1 Å². The Hall–Kier alpha value is -2.48. The van der Waals surface area contributed by atoms with Gasteiger partial charge in [0.05, 0.1) is 17.2 Å². The van der Waals surface area contributed by atoms with Crippen molar-refractivity contribution < 1.29 is 9.66 Å². The quantitative estimate of drug-likeness (QED) is 0.612. The third kappa shape index (κ3) is 4.49. The minimum absolute atomic E-state index is 0.0806. The van der Waals surface area contributed by atoms with E-state index in [4.69, 9.17) is 16.3 Å². The van der Waals surface area contributed by atoms with E-state index in [1.54, 1.807) is 0 Å². The smallest absolute Gasteiger partial charge is 0.287 e. The van der Waals surface area contributed by atoms with E-state index in [2.05, 4.69) is 20.3 Å². The van der Waals surface area contributed by atoms with Crippen molar-refractivity contribution in [3.63, 3.8) is 0 Å². The number of nitrogens with zero attached hydrogens (tertiary/aromatic N) is 4. The van der Waals surface area contributed by atoms with Crippen LogP contribution in [0.4, 0.5) is 11.5 Å².